The summed E-state index contributed by atoms with van der Waals surface area (Å²) in [6.07, 6.45) is 7.13. The van der Waals surface area contributed by atoms with Crippen molar-refractivity contribution in [2.75, 3.05) is 7.11 Å². The fraction of sp³-hybridized carbons (Fsp3) is 0.720. The molecule has 0 heterocycles. The number of oxime groups is 1. The number of nitrogens with zero attached hydrogens (tertiary/aromatic N) is 1. The third-order valence-electron chi connectivity index (χ3n) is 7.59. The Labute approximate surface area is 191 Å². The fourth-order valence-corrected chi connectivity index (χ4v) is 8.15. The van der Waals surface area contributed by atoms with Gasteiger partial charge in [-0.2, -0.15) is 0 Å². The molecule has 0 amide bonds. The number of hydrogen-bond donors (Lipinski definition) is 0. The summed E-state index contributed by atoms with van der Waals surface area (Å²) in [6.45, 7) is 16.0. The summed E-state index contributed by atoms with van der Waals surface area (Å²) >= 11 is 0. The highest BCUT2D eigenvalue weighted by molar-refractivity contribution is 6.71. The van der Waals surface area contributed by atoms with Crippen molar-refractivity contribution in [2.45, 2.75) is 90.6 Å². The molecule has 4 nitrogen and oxygen atoms in total. The van der Waals surface area contributed by atoms with Crippen LogP contribution in [0.1, 0.15) is 56.1 Å². The third-order valence-corrected chi connectivity index (χ3v) is 9.24. The molecular formula is C25H41NO3Si2. The lowest BCUT2D eigenvalue weighted by Crippen LogP contribution is -2.43. The Hall–Kier alpha value is -1.28. The summed E-state index contributed by atoms with van der Waals surface area (Å²) in [6, 6.07) is 4.59. The van der Waals surface area contributed by atoms with Gasteiger partial charge in [0.15, 0.2) is 0 Å². The van der Waals surface area contributed by atoms with Crippen LogP contribution in [0.25, 0.3) is 0 Å². The Kier molecular flexibility index (Phi) is 5.87. The van der Waals surface area contributed by atoms with Crippen molar-refractivity contribution < 1.29 is 13.7 Å². The van der Waals surface area contributed by atoms with Crippen LogP contribution in [-0.4, -0.2) is 29.5 Å². The van der Waals surface area contributed by atoms with Gasteiger partial charge in [-0.25, -0.2) is 0 Å². The largest absolute Gasteiger partial charge is 0.542 e. The Balaban J connectivity index is 1.71. The van der Waals surface area contributed by atoms with Gasteiger partial charge in [0.2, 0.25) is 16.6 Å². The van der Waals surface area contributed by atoms with Crippen molar-refractivity contribution in [3.05, 3.63) is 23.3 Å². The van der Waals surface area contributed by atoms with Crippen molar-refractivity contribution in [3.8, 4) is 11.5 Å². The predicted octanol–water partition coefficient (Wildman–Crippen LogP) is 6.97. The number of hydrogen-bond acceptors (Lipinski definition) is 4. The molecule has 0 aliphatic heterocycles. The summed E-state index contributed by atoms with van der Waals surface area (Å²) in [5.74, 6) is 4.13. The van der Waals surface area contributed by atoms with E-state index in [0.29, 0.717) is 11.8 Å². The van der Waals surface area contributed by atoms with Crippen LogP contribution in [0.15, 0.2) is 17.3 Å². The van der Waals surface area contributed by atoms with E-state index in [9.17, 15) is 0 Å². The third kappa shape index (κ3) is 4.34. The Morgan fingerprint density at radius 2 is 1.65 bits per heavy atom. The molecule has 172 valence electrons. The first-order valence-electron chi connectivity index (χ1n) is 12.1. The molecule has 4 rings (SSSR count). The summed E-state index contributed by atoms with van der Waals surface area (Å²) in [5.41, 5.74) is 4.48. The highest BCUT2D eigenvalue weighted by atomic mass is 28.4. The van der Waals surface area contributed by atoms with Gasteiger partial charge >= 0.3 is 0 Å². The van der Waals surface area contributed by atoms with Crippen LogP contribution in [0.2, 0.25) is 39.3 Å². The van der Waals surface area contributed by atoms with Crippen molar-refractivity contribution >= 4 is 22.3 Å². The van der Waals surface area contributed by atoms with Crippen molar-refractivity contribution in [1.82, 2.24) is 0 Å². The second kappa shape index (κ2) is 7.94. The highest BCUT2D eigenvalue weighted by Crippen LogP contribution is 2.61. The molecule has 6 heteroatoms. The highest BCUT2D eigenvalue weighted by Gasteiger charge is 2.54. The monoisotopic (exact) mass is 459 g/mol. The SMILES string of the molecule is CO/N=C1\CC[C@H]2[C@@H]3CCc4c(ccc(O[Si](C)(C)C)c4O[Si](C)(C)C)[C@H]3CC[C@]12C. The molecule has 3 aliphatic rings. The van der Waals surface area contributed by atoms with E-state index >= 15 is 0 Å². The molecule has 1 aromatic carbocycles. The molecule has 31 heavy (non-hydrogen) atoms. The molecule has 3 aliphatic carbocycles. The summed E-state index contributed by atoms with van der Waals surface area (Å²) in [4.78, 5) is 5.21. The van der Waals surface area contributed by atoms with E-state index < -0.39 is 16.6 Å². The van der Waals surface area contributed by atoms with Gasteiger partial charge in [-0.05, 0) is 107 Å². The Morgan fingerprint density at radius 1 is 0.935 bits per heavy atom. The summed E-state index contributed by atoms with van der Waals surface area (Å²) in [5, 5.41) is 4.45. The van der Waals surface area contributed by atoms with Gasteiger partial charge in [0.25, 0.3) is 0 Å². The molecular weight excluding hydrogens is 418 g/mol. The second-order valence-electron chi connectivity index (χ2n) is 12.0. The van der Waals surface area contributed by atoms with Gasteiger partial charge < -0.3 is 13.7 Å². The average molecular weight is 460 g/mol. The first kappa shape index (κ1) is 22.9. The van der Waals surface area contributed by atoms with Gasteiger partial charge in [-0.15, -0.1) is 0 Å². The maximum Gasteiger partial charge on any atom is 0.242 e. The first-order valence-corrected chi connectivity index (χ1v) is 18.9. The van der Waals surface area contributed by atoms with Gasteiger partial charge in [0.05, 0.1) is 5.71 Å². The van der Waals surface area contributed by atoms with E-state index in [1.807, 2.05) is 0 Å². The molecule has 0 spiro atoms. The summed E-state index contributed by atoms with van der Waals surface area (Å²) < 4.78 is 13.2. The molecule has 2 fully saturated rings. The zero-order valence-corrected chi connectivity index (χ0v) is 22.8. The normalized spacial score (nSPS) is 31.6. The lowest BCUT2D eigenvalue weighted by Gasteiger charge is -2.49. The summed E-state index contributed by atoms with van der Waals surface area (Å²) in [7, 11) is -1.78. The molecule has 0 N–H and O–H groups in total. The Morgan fingerprint density at radius 3 is 2.29 bits per heavy atom. The van der Waals surface area contributed by atoms with E-state index in [0.717, 1.165) is 30.3 Å². The minimum Gasteiger partial charge on any atom is -0.542 e. The minimum absolute atomic E-state index is 0.215. The van der Waals surface area contributed by atoms with Crippen molar-refractivity contribution in [1.29, 1.82) is 0 Å². The van der Waals surface area contributed by atoms with E-state index in [1.165, 1.54) is 42.5 Å². The smallest absolute Gasteiger partial charge is 0.242 e. The lowest BCUT2D eigenvalue weighted by molar-refractivity contribution is 0.0921. The minimum atomic E-state index is -1.75. The molecule has 0 saturated heterocycles. The molecule has 0 aromatic heterocycles. The van der Waals surface area contributed by atoms with Crippen LogP contribution >= 0.6 is 0 Å². The van der Waals surface area contributed by atoms with E-state index in [2.05, 4.69) is 63.5 Å². The van der Waals surface area contributed by atoms with Crippen LogP contribution < -0.4 is 8.85 Å². The standard InChI is InChI=1S/C25H41NO3Si2/c1-25-16-15-18-17-11-13-22(28-30(3,4)5)24(29-31(6,7)8)20(17)10-9-19(18)21(25)12-14-23(25)26-27-2/h11,13,18-19,21H,9-10,12,14-16H2,1-8H3/b26-23+/t18-,19-,21+,25+/m1/s1. The zero-order chi connectivity index (χ0) is 22.6. The van der Waals surface area contributed by atoms with Crippen LogP contribution in [0.4, 0.5) is 0 Å². The van der Waals surface area contributed by atoms with Crippen LogP contribution in [0.5, 0.6) is 11.5 Å². The van der Waals surface area contributed by atoms with Crippen LogP contribution in [0, 0.1) is 17.3 Å². The molecule has 4 atom stereocenters. The topological polar surface area (TPSA) is 40.0 Å². The van der Waals surface area contributed by atoms with Gasteiger partial charge in [-0.3, -0.25) is 0 Å². The second-order valence-corrected chi connectivity index (χ2v) is 20.9. The Bertz CT molecular complexity index is 871. The molecule has 0 bridgehead atoms. The number of benzene rings is 1. The van der Waals surface area contributed by atoms with Crippen LogP contribution in [0.3, 0.4) is 0 Å². The van der Waals surface area contributed by atoms with E-state index in [-0.39, 0.29) is 5.41 Å². The molecule has 0 unspecified atom stereocenters. The van der Waals surface area contributed by atoms with E-state index in [4.69, 9.17) is 13.7 Å². The molecule has 0 radical (unpaired) electrons. The molecule has 1 aromatic rings. The first-order chi connectivity index (χ1) is 14.4. The quantitative estimate of drug-likeness (QED) is 0.352. The average Bonchev–Trinajstić information content (AvgIpc) is 2.98. The van der Waals surface area contributed by atoms with Gasteiger partial charge in [-0.1, -0.05) is 18.1 Å². The maximum absolute atomic E-state index is 6.71. The van der Waals surface area contributed by atoms with Crippen molar-refractivity contribution in [2.24, 2.45) is 22.4 Å². The van der Waals surface area contributed by atoms with Gasteiger partial charge in [0, 0.05) is 11.0 Å². The predicted molar refractivity (Wildman–Crippen MR) is 133 cm³/mol. The fourth-order valence-electron chi connectivity index (χ4n) is 6.49. The van der Waals surface area contributed by atoms with Crippen molar-refractivity contribution in [3.63, 3.8) is 0 Å². The van der Waals surface area contributed by atoms with Gasteiger partial charge in [0.1, 0.15) is 18.6 Å². The maximum atomic E-state index is 6.71. The van der Waals surface area contributed by atoms with E-state index in [1.54, 1.807) is 7.11 Å². The number of fused-ring (bicyclic) bond motifs is 5. The lowest BCUT2D eigenvalue weighted by atomic mass is 9.55. The van der Waals surface area contributed by atoms with Crippen LogP contribution in [-0.2, 0) is 11.3 Å². The number of rotatable bonds is 5. The molecule has 2 saturated carbocycles. The zero-order valence-electron chi connectivity index (χ0n) is 20.8.